The summed E-state index contributed by atoms with van der Waals surface area (Å²) >= 11 is 1.70. The number of nitrogens with zero attached hydrogens (tertiary/aromatic N) is 3. The maximum Gasteiger partial charge on any atom is 0.431 e. The van der Waals surface area contributed by atoms with Crippen molar-refractivity contribution >= 4 is 46.6 Å². The molecule has 2 aromatic rings. The maximum atomic E-state index is 12.3. The lowest BCUT2D eigenvalue weighted by Crippen LogP contribution is -2.49. The Balaban J connectivity index is 1.50. The Bertz CT molecular complexity index is 1150. The average molecular weight is 543 g/mol. The van der Waals surface area contributed by atoms with Gasteiger partial charge < -0.3 is 19.3 Å². The SMILES string of the molecule is CC(C)(C)OC(=O)N1CCN(c2ccc(/C=C/c3ccc(CC(=O)N(N)C(=O)OC(C)(C)C)cc3)s2)CC1. The molecule has 0 bridgehead atoms. The summed E-state index contributed by atoms with van der Waals surface area (Å²) in [7, 11) is 0. The molecule has 1 saturated heterocycles. The summed E-state index contributed by atoms with van der Waals surface area (Å²) in [5.74, 6) is 5.09. The van der Waals surface area contributed by atoms with Gasteiger partial charge in [-0.2, -0.15) is 5.01 Å². The lowest BCUT2D eigenvalue weighted by atomic mass is 10.1. The van der Waals surface area contributed by atoms with Crippen molar-refractivity contribution in [2.75, 3.05) is 31.1 Å². The lowest BCUT2D eigenvalue weighted by molar-refractivity contribution is -0.129. The van der Waals surface area contributed by atoms with Gasteiger partial charge in [0.15, 0.2) is 0 Å². The molecule has 206 valence electrons. The number of hydrogen-bond donors (Lipinski definition) is 1. The van der Waals surface area contributed by atoms with Crippen LogP contribution in [0.1, 0.15) is 57.5 Å². The van der Waals surface area contributed by atoms with E-state index in [1.807, 2.05) is 51.1 Å². The minimum atomic E-state index is -0.873. The van der Waals surface area contributed by atoms with Gasteiger partial charge in [-0.3, -0.25) is 4.79 Å². The maximum absolute atomic E-state index is 12.3. The number of carbonyl (C=O) groups excluding carboxylic acids is 3. The molecule has 3 rings (SSSR count). The van der Waals surface area contributed by atoms with Crippen LogP contribution in [0.15, 0.2) is 36.4 Å². The van der Waals surface area contributed by atoms with Crippen molar-refractivity contribution < 1.29 is 23.9 Å². The number of nitrogens with two attached hydrogens (primary N) is 1. The van der Waals surface area contributed by atoms with Crippen LogP contribution in [0.3, 0.4) is 0 Å². The van der Waals surface area contributed by atoms with Gasteiger partial charge in [0.25, 0.3) is 5.91 Å². The first-order valence-electron chi connectivity index (χ1n) is 12.6. The molecule has 3 amide bonds. The molecular weight excluding hydrogens is 504 g/mol. The molecule has 1 fully saturated rings. The molecule has 0 aliphatic carbocycles. The van der Waals surface area contributed by atoms with Gasteiger partial charge in [0, 0.05) is 31.1 Å². The smallest absolute Gasteiger partial charge is 0.431 e. The first kappa shape index (κ1) is 29.2. The molecule has 10 heteroatoms. The highest BCUT2D eigenvalue weighted by molar-refractivity contribution is 7.17. The van der Waals surface area contributed by atoms with Crippen LogP contribution in [0.2, 0.25) is 0 Å². The number of carbonyl (C=O) groups is 3. The first-order chi connectivity index (χ1) is 17.7. The van der Waals surface area contributed by atoms with Crippen LogP contribution in [0, 0.1) is 0 Å². The van der Waals surface area contributed by atoms with E-state index in [2.05, 4.69) is 23.1 Å². The molecule has 38 heavy (non-hydrogen) atoms. The molecule has 1 aliphatic heterocycles. The van der Waals surface area contributed by atoms with Crippen molar-refractivity contribution in [3.63, 3.8) is 0 Å². The predicted molar refractivity (Wildman–Crippen MR) is 151 cm³/mol. The van der Waals surface area contributed by atoms with E-state index in [0.29, 0.717) is 18.1 Å². The van der Waals surface area contributed by atoms with E-state index in [9.17, 15) is 14.4 Å². The van der Waals surface area contributed by atoms with Crippen LogP contribution >= 0.6 is 11.3 Å². The van der Waals surface area contributed by atoms with Crippen molar-refractivity contribution in [2.24, 2.45) is 5.84 Å². The van der Waals surface area contributed by atoms with Gasteiger partial charge in [-0.25, -0.2) is 15.4 Å². The zero-order valence-electron chi connectivity index (χ0n) is 23.0. The largest absolute Gasteiger partial charge is 0.444 e. The van der Waals surface area contributed by atoms with E-state index in [-0.39, 0.29) is 12.5 Å². The van der Waals surface area contributed by atoms with Crippen LogP contribution < -0.4 is 10.7 Å². The lowest BCUT2D eigenvalue weighted by Gasteiger charge is -2.36. The minimum Gasteiger partial charge on any atom is -0.444 e. The molecule has 0 unspecified atom stereocenters. The molecule has 0 atom stereocenters. The quantitative estimate of drug-likeness (QED) is 0.316. The van der Waals surface area contributed by atoms with Gasteiger partial charge in [-0.05, 0) is 70.9 Å². The van der Waals surface area contributed by atoms with Gasteiger partial charge in [-0.15, -0.1) is 11.3 Å². The van der Waals surface area contributed by atoms with E-state index >= 15 is 0 Å². The van der Waals surface area contributed by atoms with Crippen LogP contribution in [-0.4, -0.2) is 65.4 Å². The molecule has 0 saturated carbocycles. The number of imide groups is 1. The van der Waals surface area contributed by atoms with E-state index < -0.39 is 23.2 Å². The standard InChI is InChI=1S/C28H38N4O5S/c1-27(2,3)36-25(34)31-17-15-30(16-18-31)24-14-13-22(38-24)12-11-20-7-9-21(10-8-20)19-23(33)32(29)26(35)37-28(4,5)6/h7-14H,15-19,29H2,1-6H3/b12-11+. The van der Waals surface area contributed by atoms with E-state index in [1.165, 1.54) is 5.00 Å². The number of thiophene rings is 1. The van der Waals surface area contributed by atoms with E-state index in [4.69, 9.17) is 15.3 Å². The molecular formula is C28H38N4O5S. The zero-order valence-corrected chi connectivity index (χ0v) is 23.8. The van der Waals surface area contributed by atoms with Crippen molar-refractivity contribution in [2.45, 2.75) is 59.2 Å². The second-order valence-electron chi connectivity index (χ2n) is 11.1. The Morgan fingerprint density at radius 3 is 2.08 bits per heavy atom. The fraction of sp³-hybridized carbons (Fsp3) is 0.464. The number of hydrazine groups is 1. The summed E-state index contributed by atoms with van der Waals surface area (Å²) < 4.78 is 10.6. The van der Waals surface area contributed by atoms with Crippen LogP contribution in [0.5, 0.6) is 0 Å². The van der Waals surface area contributed by atoms with Gasteiger partial charge in [0.05, 0.1) is 11.4 Å². The van der Waals surface area contributed by atoms with Crippen molar-refractivity contribution in [1.29, 1.82) is 0 Å². The highest BCUT2D eigenvalue weighted by atomic mass is 32.1. The molecule has 1 aromatic carbocycles. The van der Waals surface area contributed by atoms with Gasteiger partial charge in [0.2, 0.25) is 0 Å². The highest BCUT2D eigenvalue weighted by Crippen LogP contribution is 2.28. The van der Waals surface area contributed by atoms with Crippen molar-refractivity contribution in [3.05, 3.63) is 52.4 Å². The molecule has 9 nitrogen and oxygen atoms in total. The molecule has 2 heterocycles. The van der Waals surface area contributed by atoms with Gasteiger partial charge >= 0.3 is 12.2 Å². The third-order valence-corrected chi connectivity index (χ3v) is 6.60. The second-order valence-corrected chi connectivity index (χ2v) is 12.2. The summed E-state index contributed by atoms with van der Waals surface area (Å²) in [5.41, 5.74) is 0.506. The number of anilines is 1. The fourth-order valence-corrected chi connectivity index (χ4v) is 4.60. The summed E-state index contributed by atoms with van der Waals surface area (Å²) in [6.07, 6.45) is 2.93. The Morgan fingerprint density at radius 2 is 1.50 bits per heavy atom. The third kappa shape index (κ3) is 8.88. The topological polar surface area (TPSA) is 105 Å². The predicted octanol–water partition coefficient (Wildman–Crippen LogP) is 5.16. The van der Waals surface area contributed by atoms with Crippen LogP contribution in [0.25, 0.3) is 12.2 Å². The van der Waals surface area contributed by atoms with Crippen LogP contribution in [0.4, 0.5) is 14.6 Å². The van der Waals surface area contributed by atoms with E-state index in [1.54, 1.807) is 37.0 Å². The average Bonchev–Trinajstić information content (AvgIpc) is 3.30. The molecule has 1 aromatic heterocycles. The third-order valence-electron chi connectivity index (χ3n) is 5.49. The summed E-state index contributed by atoms with van der Waals surface area (Å²) in [5, 5.41) is 1.68. The second kappa shape index (κ2) is 12.0. The monoisotopic (exact) mass is 542 g/mol. The molecule has 2 N–H and O–H groups in total. The molecule has 0 radical (unpaired) electrons. The fourth-order valence-electron chi connectivity index (χ4n) is 3.64. The number of amides is 3. The van der Waals surface area contributed by atoms with Gasteiger partial charge in [0.1, 0.15) is 11.2 Å². The Labute approximate surface area is 228 Å². The van der Waals surface area contributed by atoms with Crippen LogP contribution in [-0.2, 0) is 20.7 Å². The molecule has 1 aliphatic rings. The summed E-state index contributed by atoms with van der Waals surface area (Å²) in [6.45, 7) is 13.5. The first-order valence-corrected chi connectivity index (χ1v) is 13.4. The summed E-state index contributed by atoms with van der Waals surface area (Å²) in [4.78, 5) is 41.8. The Hall–Kier alpha value is -3.37. The minimum absolute atomic E-state index is 0.00475. The normalized spacial score (nSPS) is 14.5. The zero-order chi connectivity index (χ0) is 28.1. The van der Waals surface area contributed by atoms with E-state index in [0.717, 1.165) is 29.1 Å². The number of piperazine rings is 1. The summed E-state index contributed by atoms with van der Waals surface area (Å²) in [6, 6.07) is 11.7. The molecule has 0 spiro atoms. The Morgan fingerprint density at radius 1 is 0.895 bits per heavy atom. The highest BCUT2D eigenvalue weighted by Gasteiger charge is 2.27. The van der Waals surface area contributed by atoms with Crippen molar-refractivity contribution in [3.8, 4) is 0 Å². The van der Waals surface area contributed by atoms with Crippen molar-refractivity contribution in [1.82, 2.24) is 9.91 Å². The Kier molecular flexibility index (Phi) is 9.22. The number of benzene rings is 1. The number of hydrogen-bond acceptors (Lipinski definition) is 8. The van der Waals surface area contributed by atoms with Gasteiger partial charge in [-0.1, -0.05) is 30.3 Å². The number of rotatable bonds is 5. The number of ether oxygens (including phenoxy) is 2.